The van der Waals surface area contributed by atoms with Gasteiger partial charge in [-0.2, -0.15) is 0 Å². The molecule has 0 aliphatic rings. The zero-order chi connectivity index (χ0) is 28.8. The molecular weight excluding hydrogens is 555 g/mol. The number of rotatable bonds is 13. The number of benzene rings is 1. The normalized spacial score (nSPS) is 16.3. The summed E-state index contributed by atoms with van der Waals surface area (Å²) in [5, 5.41) is 24.5. The van der Waals surface area contributed by atoms with Gasteiger partial charge < -0.3 is 34.7 Å². The van der Waals surface area contributed by atoms with Gasteiger partial charge in [0, 0.05) is 6.54 Å². The summed E-state index contributed by atoms with van der Waals surface area (Å²) in [6.07, 6.45) is 1.65. The fourth-order valence-corrected chi connectivity index (χ4v) is 6.12. The molecule has 3 aromatic rings. The van der Waals surface area contributed by atoms with Crippen molar-refractivity contribution in [2.45, 2.75) is 38.4 Å². The third kappa shape index (κ3) is 8.25. The summed E-state index contributed by atoms with van der Waals surface area (Å²) in [6, 6.07) is 9.36. The lowest BCUT2D eigenvalue weighted by atomic mass is 10.0. The summed E-state index contributed by atoms with van der Waals surface area (Å²) in [5.74, 6) is 1.01. The first kappa shape index (κ1) is 30.6. The monoisotopic (exact) mass is 583 g/mol. The molecule has 0 amide bonds. The molecule has 0 fully saturated rings. The number of aromatic nitrogens is 4. The van der Waals surface area contributed by atoms with E-state index in [1.54, 1.807) is 6.92 Å². The lowest BCUT2D eigenvalue weighted by Crippen LogP contribution is -2.34. The minimum Gasteiger partial charge on any atom is -0.385 e. The topological polar surface area (TPSA) is 200 Å². The summed E-state index contributed by atoms with van der Waals surface area (Å²) in [5.41, 5.74) is 0.868. The number of fused-ring (bicyclic) bond motifs is 1. The zero-order valence-corrected chi connectivity index (χ0v) is 22.5. The quantitative estimate of drug-likeness (QED) is 0.0976. The van der Waals surface area contributed by atoms with Crippen LogP contribution in [0.15, 0.2) is 48.3 Å². The van der Waals surface area contributed by atoms with Crippen molar-refractivity contribution in [3.8, 4) is 12.3 Å². The Bertz CT molecular complexity index is 1460. The second-order valence-corrected chi connectivity index (χ2v) is 12.4. The predicted octanol–water partition coefficient (Wildman–Crippen LogP) is 2.28. The molecule has 0 saturated carbocycles. The molecule has 1 unspecified atom stereocenters. The highest BCUT2D eigenvalue weighted by molar-refractivity contribution is 7.70. The van der Waals surface area contributed by atoms with Crippen LogP contribution in [-0.4, -0.2) is 69.2 Å². The third-order valence-electron chi connectivity index (χ3n) is 5.37. The van der Waals surface area contributed by atoms with Crippen LogP contribution in [0.2, 0.25) is 0 Å². The van der Waals surface area contributed by atoms with Crippen LogP contribution < -0.4 is 5.32 Å². The number of imidazole rings is 1. The van der Waals surface area contributed by atoms with Gasteiger partial charge in [-0.15, -0.1) is 6.42 Å². The van der Waals surface area contributed by atoms with E-state index in [-0.39, 0.29) is 34.8 Å². The SMILES string of the molecule is C#Cc1nc(NCc2ccccc2)c2ncn([C@H](O)[C@@H](F)[C@H](O)/C(=C\CC)COP(=O)(O)CP(=O)(O)O)c2n1. The van der Waals surface area contributed by atoms with E-state index in [2.05, 4.69) is 26.2 Å². The Balaban J connectivity index is 1.84. The average Bonchev–Trinajstić information content (AvgIpc) is 3.31. The highest BCUT2D eigenvalue weighted by Gasteiger charge is 2.35. The van der Waals surface area contributed by atoms with E-state index < -0.39 is 46.2 Å². The van der Waals surface area contributed by atoms with Gasteiger partial charge in [-0.05, 0) is 23.5 Å². The molecule has 0 spiro atoms. The molecule has 0 radical (unpaired) electrons. The van der Waals surface area contributed by atoms with Gasteiger partial charge in [0.1, 0.15) is 6.10 Å². The first-order valence-corrected chi connectivity index (χ1v) is 15.1. The van der Waals surface area contributed by atoms with E-state index in [0.29, 0.717) is 6.54 Å². The summed E-state index contributed by atoms with van der Waals surface area (Å²) in [4.78, 5) is 40.1. The number of aliphatic hydroxyl groups excluding tert-OH is 2. The summed E-state index contributed by atoms with van der Waals surface area (Å²) >= 11 is 0. The van der Waals surface area contributed by atoms with E-state index in [1.165, 1.54) is 6.08 Å². The number of hydrogen-bond donors (Lipinski definition) is 6. The minimum atomic E-state index is -4.89. The second-order valence-electron chi connectivity index (χ2n) is 8.41. The number of alkyl halides is 1. The first-order valence-electron chi connectivity index (χ1n) is 11.5. The Morgan fingerprint density at radius 2 is 1.92 bits per heavy atom. The van der Waals surface area contributed by atoms with Crippen LogP contribution in [0.4, 0.5) is 10.2 Å². The number of allylic oxidation sites excluding steroid dienone is 1. The number of aliphatic hydroxyl groups is 2. The molecule has 6 N–H and O–H groups in total. The summed E-state index contributed by atoms with van der Waals surface area (Å²) in [7, 11) is -9.65. The smallest absolute Gasteiger partial charge is 0.340 e. The Hall–Kier alpha value is -2.98. The molecule has 39 heavy (non-hydrogen) atoms. The first-order chi connectivity index (χ1) is 18.3. The fourth-order valence-electron chi connectivity index (χ4n) is 3.58. The molecule has 0 aliphatic carbocycles. The van der Waals surface area contributed by atoms with Crippen LogP contribution in [0, 0.1) is 12.3 Å². The van der Waals surface area contributed by atoms with Crippen molar-refractivity contribution in [1.82, 2.24) is 19.5 Å². The standard InChI is InChI=1S/C23H28FN5O8P2/c1-3-8-16(12-37-39(35,36)14-38(32,33)34)20(30)18(24)23(31)29-13-26-19-21(27-17(4-2)28-22(19)29)25-11-15-9-6-5-7-10-15/h2,5-10,13,18,20,23,30-31H,3,11-12,14H2,1H3,(H,35,36)(H,25,27,28)(H2,32,33,34)/b16-8-/t18-,20+,23+/m0/s1. The van der Waals surface area contributed by atoms with Gasteiger partial charge in [-0.1, -0.05) is 43.3 Å². The predicted molar refractivity (Wildman–Crippen MR) is 140 cm³/mol. The van der Waals surface area contributed by atoms with Crippen molar-refractivity contribution in [2.75, 3.05) is 17.8 Å². The van der Waals surface area contributed by atoms with Crippen LogP contribution >= 0.6 is 15.2 Å². The molecule has 0 aliphatic heterocycles. The molecular formula is C23H28FN5O8P2. The van der Waals surface area contributed by atoms with Crippen molar-refractivity contribution in [3.63, 3.8) is 0 Å². The van der Waals surface area contributed by atoms with Crippen molar-refractivity contribution in [2.24, 2.45) is 0 Å². The van der Waals surface area contributed by atoms with Gasteiger partial charge >= 0.3 is 15.2 Å². The van der Waals surface area contributed by atoms with Crippen molar-refractivity contribution < 1.29 is 42.9 Å². The minimum absolute atomic E-state index is 0.0189. The molecule has 16 heteroatoms. The summed E-state index contributed by atoms with van der Waals surface area (Å²) < 4.78 is 44.1. The second kappa shape index (κ2) is 12.9. The van der Waals surface area contributed by atoms with Gasteiger partial charge in [-0.25, -0.2) is 19.3 Å². The lowest BCUT2D eigenvalue weighted by Gasteiger charge is -2.25. The lowest BCUT2D eigenvalue weighted by molar-refractivity contribution is -0.0352. The molecule has 0 bridgehead atoms. The van der Waals surface area contributed by atoms with Crippen LogP contribution in [0.3, 0.4) is 0 Å². The van der Waals surface area contributed by atoms with Gasteiger partial charge in [0.25, 0.3) is 0 Å². The Morgan fingerprint density at radius 3 is 2.54 bits per heavy atom. The van der Waals surface area contributed by atoms with Crippen molar-refractivity contribution in [3.05, 3.63) is 59.7 Å². The summed E-state index contributed by atoms with van der Waals surface area (Å²) in [6.45, 7) is 1.17. The van der Waals surface area contributed by atoms with E-state index in [9.17, 15) is 24.2 Å². The molecule has 0 saturated heterocycles. The molecule has 210 valence electrons. The molecule has 13 nitrogen and oxygen atoms in total. The average molecular weight is 583 g/mol. The Labute approximate surface area is 223 Å². The highest BCUT2D eigenvalue weighted by atomic mass is 31.2. The van der Waals surface area contributed by atoms with Crippen LogP contribution in [0.5, 0.6) is 0 Å². The Morgan fingerprint density at radius 1 is 1.23 bits per heavy atom. The molecule has 3 rings (SSSR count). The van der Waals surface area contributed by atoms with Gasteiger partial charge in [0.15, 0.2) is 35.3 Å². The largest absolute Gasteiger partial charge is 0.385 e. The molecule has 4 atom stereocenters. The zero-order valence-electron chi connectivity index (χ0n) is 20.7. The number of hydrogen-bond acceptors (Lipinski definition) is 9. The van der Waals surface area contributed by atoms with Crippen molar-refractivity contribution >= 4 is 32.2 Å². The van der Waals surface area contributed by atoms with Crippen LogP contribution in [0.1, 0.15) is 31.0 Å². The Kier molecular flexibility index (Phi) is 10.1. The number of anilines is 1. The fraction of sp³-hybridized carbons (Fsp3) is 0.348. The van der Waals surface area contributed by atoms with Crippen LogP contribution in [-0.2, 0) is 20.2 Å². The van der Waals surface area contributed by atoms with E-state index >= 15 is 4.39 Å². The van der Waals surface area contributed by atoms with Gasteiger partial charge in [0.05, 0.1) is 12.9 Å². The number of nitrogens with one attached hydrogen (secondary N) is 1. The maximum Gasteiger partial charge on any atom is 0.340 e. The number of nitrogens with zero attached hydrogens (tertiary/aromatic N) is 4. The van der Waals surface area contributed by atoms with Gasteiger partial charge in [0.2, 0.25) is 5.82 Å². The van der Waals surface area contributed by atoms with Crippen molar-refractivity contribution in [1.29, 1.82) is 0 Å². The molecule has 2 heterocycles. The van der Waals surface area contributed by atoms with Gasteiger partial charge in [-0.3, -0.25) is 13.7 Å². The third-order valence-corrected chi connectivity index (χ3v) is 8.80. The maximum atomic E-state index is 15.4. The highest BCUT2D eigenvalue weighted by Crippen LogP contribution is 2.55. The number of terminal acetylenes is 1. The number of halogens is 1. The van der Waals surface area contributed by atoms with E-state index in [1.807, 2.05) is 30.3 Å². The van der Waals surface area contributed by atoms with Crippen LogP contribution in [0.25, 0.3) is 11.2 Å². The van der Waals surface area contributed by atoms with E-state index in [4.69, 9.17) is 20.7 Å². The molecule has 1 aromatic carbocycles. The maximum absolute atomic E-state index is 15.4. The molecule has 2 aromatic heterocycles. The van der Waals surface area contributed by atoms with E-state index in [0.717, 1.165) is 16.5 Å².